The standard InChI is InChI=1S/C29H36ClFN4O/c1-20-24(18-34-16-10-21(11-17-34)29-25(30)7-5-8-26(29)31)23-6-3-4-9-27(23)35(20)19-28(36)32-22-12-14-33(2)15-13-22/h3-9,21-22H,10-19H2,1-2H3,(H,32,36). The maximum absolute atomic E-state index is 14.4. The molecule has 3 aromatic rings. The first-order chi connectivity index (χ1) is 17.4. The third kappa shape index (κ3) is 5.31. The van der Waals surface area contributed by atoms with E-state index in [0.29, 0.717) is 17.1 Å². The normalized spacial score (nSPS) is 18.7. The first-order valence-electron chi connectivity index (χ1n) is 13.1. The number of nitrogens with one attached hydrogen (secondary N) is 1. The molecule has 0 aliphatic carbocycles. The van der Waals surface area contributed by atoms with Crippen LogP contribution in [0.3, 0.4) is 0 Å². The topological polar surface area (TPSA) is 40.5 Å². The number of carbonyl (C=O) groups excluding carboxylic acids is 1. The van der Waals surface area contributed by atoms with Crippen LogP contribution in [0.5, 0.6) is 0 Å². The molecule has 1 N–H and O–H groups in total. The van der Waals surface area contributed by atoms with Crippen molar-refractivity contribution in [2.24, 2.45) is 0 Å². The minimum absolute atomic E-state index is 0.0857. The van der Waals surface area contributed by atoms with Gasteiger partial charge in [-0.1, -0.05) is 35.9 Å². The highest BCUT2D eigenvalue weighted by Crippen LogP contribution is 2.36. The van der Waals surface area contributed by atoms with Crippen molar-refractivity contribution in [3.8, 4) is 0 Å². The van der Waals surface area contributed by atoms with Gasteiger partial charge in [0.1, 0.15) is 12.4 Å². The van der Waals surface area contributed by atoms with E-state index in [9.17, 15) is 9.18 Å². The van der Waals surface area contributed by atoms with Gasteiger partial charge in [-0.3, -0.25) is 9.69 Å². The van der Waals surface area contributed by atoms with E-state index in [1.54, 1.807) is 12.1 Å². The van der Waals surface area contributed by atoms with Crippen LogP contribution >= 0.6 is 11.6 Å². The molecule has 5 rings (SSSR count). The van der Waals surface area contributed by atoms with Crippen molar-refractivity contribution in [1.29, 1.82) is 0 Å². The van der Waals surface area contributed by atoms with E-state index in [4.69, 9.17) is 11.6 Å². The van der Waals surface area contributed by atoms with Crippen LogP contribution in [0.25, 0.3) is 10.9 Å². The molecule has 2 saturated heterocycles. The van der Waals surface area contributed by atoms with Gasteiger partial charge in [0.25, 0.3) is 0 Å². The number of amides is 1. The molecule has 1 aromatic heterocycles. The molecular formula is C29H36ClFN4O. The van der Waals surface area contributed by atoms with Gasteiger partial charge in [0.05, 0.1) is 0 Å². The highest BCUT2D eigenvalue weighted by atomic mass is 35.5. The maximum Gasteiger partial charge on any atom is 0.240 e. The van der Waals surface area contributed by atoms with Crippen LogP contribution in [0.2, 0.25) is 5.02 Å². The summed E-state index contributed by atoms with van der Waals surface area (Å²) in [5.74, 6) is 0.0431. The summed E-state index contributed by atoms with van der Waals surface area (Å²) in [6, 6.07) is 13.6. The van der Waals surface area contributed by atoms with E-state index in [2.05, 4.69) is 51.9 Å². The molecule has 2 aliphatic rings. The Morgan fingerprint density at radius 2 is 1.75 bits per heavy atom. The summed E-state index contributed by atoms with van der Waals surface area (Å²) in [5, 5.41) is 5.00. The Labute approximate surface area is 218 Å². The molecule has 192 valence electrons. The zero-order chi connectivity index (χ0) is 25.2. The molecule has 2 fully saturated rings. The molecule has 0 unspecified atom stereocenters. The van der Waals surface area contributed by atoms with Gasteiger partial charge in [0.2, 0.25) is 5.91 Å². The highest BCUT2D eigenvalue weighted by Gasteiger charge is 2.26. The van der Waals surface area contributed by atoms with Crippen LogP contribution in [-0.4, -0.2) is 59.5 Å². The van der Waals surface area contributed by atoms with Crippen molar-refractivity contribution in [1.82, 2.24) is 19.7 Å². The number of nitrogens with zero attached hydrogens (tertiary/aromatic N) is 3. The molecule has 0 radical (unpaired) electrons. The van der Waals surface area contributed by atoms with Gasteiger partial charge in [-0.2, -0.15) is 0 Å². The van der Waals surface area contributed by atoms with Gasteiger partial charge in [-0.25, -0.2) is 4.39 Å². The molecule has 7 heteroatoms. The van der Waals surface area contributed by atoms with Crippen molar-refractivity contribution < 1.29 is 9.18 Å². The molecule has 0 atom stereocenters. The SMILES string of the molecule is Cc1c(CN2CCC(c3c(F)cccc3Cl)CC2)c2ccccc2n1CC(=O)NC1CCN(C)CC1. The van der Waals surface area contributed by atoms with Gasteiger partial charge in [-0.05, 0) is 95.5 Å². The molecule has 36 heavy (non-hydrogen) atoms. The van der Waals surface area contributed by atoms with E-state index in [1.807, 2.05) is 6.07 Å². The van der Waals surface area contributed by atoms with Crippen LogP contribution in [0.1, 0.15) is 48.4 Å². The lowest BCUT2D eigenvalue weighted by atomic mass is 9.89. The maximum atomic E-state index is 14.4. The molecule has 2 aliphatic heterocycles. The average molecular weight is 511 g/mol. The van der Waals surface area contributed by atoms with Gasteiger partial charge < -0.3 is 14.8 Å². The van der Waals surface area contributed by atoms with Crippen molar-refractivity contribution in [3.63, 3.8) is 0 Å². The summed E-state index contributed by atoms with van der Waals surface area (Å²) in [6.45, 7) is 7.14. The van der Waals surface area contributed by atoms with Gasteiger partial charge in [-0.15, -0.1) is 0 Å². The Morgan fingerprint density at radius 1 is 1.03 bits per heavy atom. The second-order valence-corrected chi connectivity index (χ2v) is 10.9. The number of likely N-dealkylation sites (tertiary alicyclic amines) is 2. The van der Waals surface area contributed by atoms with Crippen LogP contribution in [0.15, 0.2) is 42.5 Å². The minimum Gasteiger partial charge on any atom is -0.352 e. The van der Waals surface area contributed by atoms with Crippen LogP contribution < -0.4 is 5.32 Å². The summed E-state index contributed by atoms with van der Waals surface area (Å²) in [5.41, 5.74) is 4.20. The van der Waals surface area contributed by atoms with Crippen LogP contribution in [-0.2, 0) is 17.9 Å². The van der Waals surface area contributed by atoms with Crippen molar-refractivity contribution in [2.75, 3.05) is 33.2 Å². The van der Waals surface area contributed by atoms with Crippen molar-refractivity contribution in [3.05, 3.63) is 70.1 Å². The zero-order valence-electron chi connectivity index (χ0n) is 21.3. The number of hydrogen-bond donors (Lipinski definition) is 1. The summed E-state index contributed by atoms with van der Waals surface area (Å²) in [7, 11) is 2.13. The van der Waals surface area contributed by atoms with Gasteiger partial charge in [0.15, 0.2) is 0 Å². The number of halogens is 2. The van der Waals surface area contributed by atoms with Crippen LogP contribution in [0.4, 0.5) is 4.39 Å². The van der Waals surface area contributed by atoms with E-state index in [0.717, 1.165) is 69.6 Å². The third-order valence-corrected chi connectivity index (χ3v) is 8.45. The summed E-state index contributed by atoms with van der Waals surface area (Å²) < 4.78 is 16.6. The second kappa shape index (κ2) is 10.9. The van der Waals surface area contributed by atoms with E-state index >= 15 is 0 Å². The number of fused-ring (bicyclic) bond motifs is 1. The average Bonchev–Trinajstić information content (AvgIpc) is 3.12. The van der Waals surface area contributed by atoms with Crippen molar-refractivity contribution in [2.45, 2.75) is 57.7 Å². The Hall–Kier alpha value is -2.41. The number of para-hydroxylation sites is 1. The molecule has 3 heterocycles. The van der Waals surface area contributed by atoms with Crippen molar-refractivity contribution >= 4 is 28.4 Å². The highest BCUT2D eigenvalue weighted by molar-refractivity contribution is 6.31. The summed E-state index contributed by atoms with van der Waals surface area (Å²) >= 11 is 6.34. The molecule has 1 amide bonds. The second-order valence-electron chi connectivity index (χ2n) is 10.5. The molecule has 0 saturated carbocycles. The predicted molar refractivity (Wildman–Crippen MR) is 144 cm³/mol. The number of aromatic nitrogens is 1. The summed E-state index contributed by atoms with van der Waals surface area (Å²) in [4.78, 5) is 17.7. The Kier molecular flexibility index (Phi) is 7.65. The van der Waals surface area contributed by atoms with E-state index in [1.165, 1.54) is 17.0 Å². The monoisotopic (exact) mass is 510 g/mol. The lowest BCUT2D eigenvalue weighted by molar-refractivity contribution is -0.122. The molecule has 5 nitrogen and oxygen atoms in total. The quantitative estimate of drug-likeness (QED) is 0.487. The largest absolute Gasteiger partial charge is 0.352 e. The van der Waals surface area contributed by atoms with E-state index in [-0.39, 0.29) is 23.7 Å². The molecule has 2 aromatic carbocycles. The Balaban J connectivity index is 1.28. The fourth-order valence-corrected chi connectivity index (χ4v) is 6.30. The first-order valence-corrected chi connectivity index (χ1v) is 13.5. The Morgan fingerprint density at radius 3 is 2.47 bits per heavy atom. The fourth-order valence-electron chi connectivity index (χ4n) is 5.98. The van der Waals surface area contributed by atoms with E-state index < -0.39 is 0 Å². The zero-order valence-corrected chi connectivity index (χ0v) is 22.0. The number of piperidine rings is 2. The number of carbonyl (C=O) groups is 1. The number of rotatable bonds is 6. The minimum atomic E-state index is -0.196. The van der Waals surface area contributed by atoms with Crippen LogP contribution in [0, 0.1) is 12.7 Å². The molecular weight excluding hydrogens is 475 g/mol. The molecule has 0 spiro atoms. The third-order valence-electron chi connectivity index (χ3n) is 8.12. The predicted octanol–water partition coefficient (Wildman–Crippen LogP) is 5.33. The number of hydrogen-bond acceptors (Lipinski definition) is 3. The summed E-state index contributed by atoms with van der Waals surface area (Å²) in [6.07, 6.45) is 3.79. The Bertz CT molecular complexity index is 1210. The fraction of sp³-hybridized carbons (Fsp3) is 0.483. The van der Waals surface area contributed by atoms with Gasteiger partial charge in [0, 0.05) is 39.8 Å². The van der Waals surface area contributed by atoms with Gasteiger partial charge >= 0.3 is 0 Å². The first kappa shape index (κ1) is 25.2. The lowest BCUT2D eigenvalue weighted by Gasteiger charge is -2.32. The lowest BCUT2D eigenvalue weighted by Crippen LogP contribution is -2.44. The molecule has 0 bridgehead atoms. The smallest absolute Gasteiger partial charge is 0.240 e. The number of benzene rings is 2.